The Bertz CT molecular complexity index is 1570. The maximum absolute atomic E-state index is 6.98. The molecule has 0 saturated heterocycles. The summed E-state index contributed by atoms with van der Waals surface area (Å²) in [5, 5.41) is 7.55. The molecule has 2 atom stereocenters. The Kier molecular flexibility index (Phi) is 9.08. The van der Waals surface area contributed by atoms with E-state index in [-0.39, 0.29) is 0 Å². The zero-order chi connectivity index (χ0) is 27.8. The number of hydrogen-bond acceptors (Lipinski definition) is 1. The molecule has 0 saturated carbocycles. The highest BCUT2D eigenvalue weighted by Crippen LogP contribution is 2.63. The molecule has 40 heavy (non-hydrogen) atoms. The van der Waals surface area contributed by atoms with Crippen LogP contribution >= 0.6 is 15.2 Å². The highest BCUT2D eigenvalue weighted by Gasteiger charge is 2.44. The number of ether oxygens (including phenoxy) is 1. The van der Waals surface area contributed by atoms with Gasteiger partial charge in [0.05, 0.1) is 12.0 Å². The molecule has 0 N–H and O–H groups in total. The third-order valence-corrected chi connectivity index (χ3v) is 13.8. The normalized spacial score (nSPS) is 15.4. The summed E-state index contributed by atoms with van der Waals surface area (Å²) >= 11 is 0. The van der Waals surface area contributed by atoms with E-state index in [2.05, 4.69) is 153 Å². The summed E-state index contributed by atoms with van der Waals surface area (Å²) in [5.74, 6) is 1.78. The molecule has 0 heterocycles. The Labute approximate surface area is 241 Å². The number of rotatable bonds is 10. The van der Waals surface area contributed by atoms with E-state index in [1.807, 2.05) is 12.2 Å². The second kappa shape index (κ2) is 13.1. The Morgan fingerprint density at radius 2 is 1.43 bits per heavy atom. The second-order valence-corrected chi connectivity index (χ2v) is 15.4. The lowest BCUT2D eigenvalue weighted by molar-refractivity contribution is 0.490. The average molecular weight is 558 g/mol. The minimum Gasteiger partial charge on any atom is -0.452 e. The molecule has 5 rings (SSSR count). The van der Waals surface area contributed by atoms with Crippen molar-refractivity contribution >= 4 is 36.4 Å². The average Bonchev–Trinajstić information content (AvgIpc) is 3.03. The fourth-order valence-corrected chi connectivity index (χ4v) is 11.0. The quantitative estimate of drug-likeness (QED) is 0.140. The van der Waals surface area contributed by atoms with Gasteiger partial charge in [0, 0.05) is 5.30 Å². The molecule has 0 spiro atoms. The number of hydrogen-bond donors (Lipinski definition) is 0. The van der Waals surface area contributed by atoms with Crippen LogP contribution in [0.4, 0.5) is 0 Å². The fourth-order valence-electron chi connectivity index (χ4n) is 5.20. The van der Waals surface area contributed by atoms with Crippen molar-refractivity contribution in [2.45, 2.75) is 12.8 Å². The van der Waals surface area contributed by atoms with Crippen LogP contribution in [0, 0.1) is 0 Å². The predicted octanol–water partition coefficient (Wildman–Crippen LogP) is 9.00. The molecule has 1 aliphatic carbocycles. The van der Waals surface area contributed by atoms with Gasteiger partial charge in [-0.1, -0.05) is 116 Å². The Morgan fingerprint density at radius 1 is 0.775 bits per heavy atom. The van der Waals surface area contributed by atoms with Crippen molar-refractivity contribution in [2.75, 3.05) is 6.66 Å². The number of benzene rings is 4. The van der Waals surface area contributed by atoms with E-state index >= 15 is 0 Å². The summed E-state index contributed by atoms with van der Waals surface area (Å²) in [6.07, 6.45) is 15.1. The minimum atomic E-state index is -1.94. The van der Waals surface area contributed by atoms with E-state index in [4.69, 9.17) is 4.74 Å². The fraction of sp³-hybridized carbons (Fsp3) is 0.0811. The van der Waals surface area contributed by atoms with Crippen LogP contribution in [0.3, 0.4) is 0 Å². The van der Waals surface area contributed by atoms with Crippen LogP contribution in [0.25, 0.3) is 0 Å². The summed E-state index contributed by atoms with van der Waals surface area (Å²) in [4.78, 5) is 0. The molecular weight excluding hydrogens is 522 g/mol. The van der Waals surface area contributed by atoms with Crippen molar-refractivity contribution in [3.8, 4) is 11.5 Å². The molecular formula is C37H35OP2+. The van der Waals surface area contributed by atoms with Crippen LogP contribution in [-0.4, -0.2) is 6.66 Å². The van der Waals surface area contributed by atoms with Crippen molar-refractivity contribution in [2.24, 2.45) is 0 Å². The van der Waals surface area contributed by atoms with Crippen LogP contribution in [-0.2, 0) is 0 Å². The van der Waals surface area contributed by atoms with Crippen molar-refractivity contribution in [1.29, 1.82) is 0 Å². The van der Waals surface area contributed by atoms with Gasteiger partial charge in [0.2, 0.25) is 0 Å². The summed E-state index contributed by atoms with van der Waals surface area (Å²) in [6, 6.07) is 38.6. The molecule has 1 nitrogen and oxygen atoms in total. The lowest BCUT2D eigenvalue weighted by Gasteiger charge is -2.27. The van der Waals surface area contributed by atoms with Crippen molar-refractivity contribution in [3.05, 3.63) is 169 Å². The van der Waals surface area contributed by atoms with E-state index < -0.39 is 15.2 Å². The van der Waals surface area contributed by atoms with Crippen LogP contribution in [0.5, 0.6) is 11.5 Å². The molecule has 0 amide bonds. The van der Waals surface area contributed by atoms with Crippen molar-refractivity contribution in [3.63, 3.8) is 0 Å². The van der Waals surface area contributed by atoms with Crippen LogP contribution in [0.15, 0.2) is 169 Å². The van der Waals surface area contributed by atoms with Gasteiger partial charge in [-0.3, -0.25) is 0 Å². The van der Waals surface area contributed by atoms with E-state index in [1.165, 1.54) is 21.2 Å². The molecule has 1 aliphatic rings. The number of para-hydroxylation sites is 2. The summed E-state index contributed by atoms with van der Waals surface area (Å²) < 4.78 is 6.98. The van der Waals surface area contributed by atoms with Gasteiger partial charge < -0.3 is 4.74 Å². The summed E-state index contributed by atoms with van der Waals surface area (Å²) in [7, 11) is -2.84. The van der Waals surface area contributed by atoms with Gasteiger partial charge >= 0.3 is 0 Å². The lowest BCUT2D eigenvalue weighted by Crippen LogP contribution is -2.24. The van der Waals surface area contributed by atoms with Crippen LogP contribution < -0.4 is 26.0 Å². The monoisotopic (exact) mass is 557 g/mol. The van der Waals surface area contributed by atoms with Gasteiger partial charge in [0.25, 0.3) is 0 Å². The molecule has 4 aromatic carbocycles. The maximum atomic E-state index is 6.98. The first-order valence-corrected chi connectivity index (χ1v) is 17.2. The maximum Gasteiger partial charge on any atom is 0.170 e. The highest BCUT2D eigenvalue weighted by atomic mass is 31.2. The van der Waals surface area contributed by atoms with Crippen molar-refractivity contribution < 1.29 is 4.74 Å². The molecule has 0 radical (unpaired) electrons. The van der Waals surface area contributed by atoms with Crippen LogP contribution in [0.1, 0.15) is 12.8 Å². The first-order valence-electron chi connectivity index (χ1n) is 13.6. The topological polar surface area (TPSA) is 9.23 Å². The summed E-state index contributed by atoms with van der Waals surface area (Å²) in [6.45, 7) is 10.5. The Morgan fingerprint density at radius 3 is 2.10 bits per heavy atom. The van der Waals surface area contributed by atoms with Gasteiger partial charge in [-0.2, -0.15) is 0 Å². The van der Waals surface area contributed by atoms with E-state index in [0.717, 1.165) is 35.0 Å². The zero-order valence-electron chi connectivity index (χ0n) is 23.0. The molecule has 0 aliphatic heterocycles. The first-order chi connectivity index (χ1) is 19.7. The molecule has 198 valence electrons. The summed E-state index contributed by atoms with van der Waals surface area (Å²) in [5.41, 5.74) is 0. The van der Waals surface area contributed by atoms with Gasteiger partial charge in [-0.05, 0) is 73.9 Å². The molecule has 2 unspecified atom stereocenters. The van der Waals surface area contributed by atoms with Gasteiger partial charge in [-0.25, -0.2) is 0 Å². The standard InChI is InChI=1S/C37H35OP2/c1-4-19-30(5-2)39(31-20-9-6-10-21-31)36-28-17-15-26-34(36)38-35-27-16-18-29-37(35)40(3,32-22-11-7-12-23-32)33-24-13-8-14-25-33/h4-7,9-13,15-29H,1-2,8,14H2,3H3/q+1/b30-19+. The van der Waals surface area contributed by atoms with E-state index in [0.29, 0.717) is 0 Å². The first kappa shape index (κ1) is 27.8. The van der Waals surface area contributed by atoms with Crippen molar-refractivity contribution in [1.82, 2.24) is 0 Å². The largest absolute Gasteiger partial charge is 0.452 e. The third kappa shape index (κ3) is 5.73. The number of allylic oxidation sites excluding steroid dienone is 8. The molecule has 0 fully saturated rings. The minimum absolute atomic E-state index is 0.870. The second-order valence-electron chi connectivity index (χ2n) is 9.69. The Balaban J connectivity index is 1.66. The molecule has 0 aromatic heterocycles. The Hall–Kier alpha value is -3.76. The van der Waals surface area contributed by atoms with E-state index in [9.17, 15) is 0 Å². The lowest BCUT2D eigenvalue weighted by atomic mass is 10.2. The molecule has 3 heteroatoms. The molecule has 4 aromatic rings. The molecule has 0 bridgehead atoms. The van der Waals surface area contributed by atoms with Gasteiger partial charge in [0.1, 0.15) is 23.6 Å². The van der Waals surface area contributed by atoms with E-state index in [1.54, 1.807) is 0 Å². The van der Waals surface area contributed by atoms with Crippen LogP contribution in [0.2, 0.25) is 0 Å². The van der Waals surface area contributed by atoms with Gasteiger partial charge in [-0.15, -0.1) is 0 Å². The van der Waals surface area contributed by atoms with Gasteiger partial charge in [0.15, 0.2) is 5.75 Å². The SMILES string of the molecule is C=C/C=C(\C=C)P(c1ccccc1)c1ccccc1Oc1ccccc1[P+](C)(C1=CCCC=C1)c1ccccc1. The predicted molar refractivity (Wildman–Crippen MR) is 179 cm³/mol. The zero-order valence-corrected chi connectivity index (χ0v) is 24.8. The highest BCUT2D eigenvalue weighted by molar-refractivity contribution is 7.92. The third-order valence-electron chi connectivity index (χ3n) is 7.21. The smallest absolute Gasteiger partial charge is 0.170 e.